The molecule has 1 heterocycles. The molecule has 7 heteroatoms. The van der Waals surface area contributed by atoms with Crippen molar-refractivity contribution in [3.63, 3.8) is 0 Å². The molecule has 0 fully saturated rings. The van der Waals surface area contributed by atoms with Gasteiger partial charge in [0.1, 0.15) is 6.54 Å². The molecule has 0 saturated heterocycles. The summed E-state index contributed by atoms with van der Waals surface area (Å²) >= 11 is 1.44. The van der Waals surface area contributed by atoms with Crippen LogP contribution in [0.5, 0.6) is 0 Å². The first-order chi connectivity index (χ1) is 13.5. The van der Waals surface area contributed by atoms with E-state index in [1.165, 1.54) is 16.7 Å². The van der Waals surface area contributed by atoms with Crippen molar-refractivity contribution < 1.29 is 19.1 Å². The van der Waals surface area contributed by atoms with Crippen LogP contribution in [0.25, 0.3) is 0 Å². The van der Waals surface area contributed by atoms with Crippen molar-refractivity contribution in [1.82, 2.24) is 0 Å². The molecule has 3 rings (SSSR count). The monoisotopic (exact) mass is 398 g/mol. The van der Waals surface area contributed by atoms with Crippen molar-refractivity contribution in [3.05, 3.63) is 53.6 Å². The van der Waals surface area contributed by atoms with Gasteiger partial charge < -0.3 is 10.1 Å². The Morgan fingerprint density at radius 1 is 1.18 bits per heavy atom. The number of benzene rings is 2. The molecule has 2 aromatic carbocycles. The van der Waals surface area contributed by atoms with Crippen LogP contribution in [0.1, 0.15) is 18.1 Å². The van der Waals surface area contributed by atoms with Gasteiger partial charge in [-0.15, -0.1) is 11.8 Å². The number of amides is 2. The summed E-state index contributed by atoms with van der Waals surface area (Å²) < 4.78 is 5.10. The lowest BCUT2D eigenvalue weighted by molar-refractivity contribution is -0.146. The highest BCUT2D eigenvalue weighted by Crippen LogP contribution is 2.34. The summed E-state index contributed by atoms with van der Waals surface area (Å²) in [6.07, 6.45) is 0.783. The Morgan fingerprint density at radius 2 is 1.96 bits per heavy atom. The average molecular weight is 398 g/mol. The molecule has 0 aliphatic carbocycles. The number of fused-ring (bicyclic) bond motifs is 1. The zero-order chi connectivity index (χ0) is 20.1. The summed E-state index contributed by atoms with van der Waals surface area (Å²) in [6.45, 7) is 3.32. The molecule has 1 aliphatic rings. The first kappa shape index (κ1) is 19.9. The number of anilines is 2. The van der Waals surface area contributed by atoms with E-state index >= 15 is 0 Å². The Kier molecular flexibility index (Phi) is 6.36. The first-order valence-electron chi connectivity index (χ1n) is 9.05. The fraction of sp³-hybridized carbons (Fsp3) is 0.286. The maximum absolute atomic E-state index is 12.2. The van der Waals surface area contributed by atoms with Crippen LogP contribution in [-0.4, -0.2) is 36.7 Å². The number of nitrogens with zero attached hydrogens (tertiary/aromatic N) is 1. The van der Waals surface area contributed by atoms with E-state index in [2.05, 4.69) is 5.32 Å². The number of para-hydroxylation sites is 2. The lowest BCUT2D eigenvalue weighted by Gasteiger charge is -2.27. The number of hydrogen-bond acceptors (Lipinski definition) is 5. The van der Waals surface area contributed by atoms with Gasteiger partial charge in [0.2, 0.25) is 5.91 Å². The van der Waals surface area contributed by atoms with E-state index in [9.17, 15) is 14.4 Å². The van der Waals surface area contributed by atoms with Crippen LogP contribution < -0.4 is 10.2 Å². The number of carbonyl (C=O) groups is 3. The summed E-state index contributed by atoms with van der Waals surface area (Å²) in [7, 11) is 0. The number of aryl methyl sites for hydroxylation is 2. The van der Waals surface area contributed by atoms with Gasteiger partial charge in [0, 0.05) is 10.6 Å². The van der Waals surface area contributed by atoms with E-state index in [1.54, 1.807) is 6.07 Å². The third-order valence-electron chi connectivity index (χ3n) is 4.46. The minimum absolute atomic E-state index is 0.155. The molecule has 0 spiro atoms. The fourth-order valence-corrected chi connectivity index (χ4v) is 3.96. The van der Waals surface area contributed by atoms with Crippen LogP contribution in [0.15, 0.2) is 47.4 Å². The number of nitrogens with one attached hydrogen (secondary N) is 1. The second kappa shape index (κ2) is 8.93. The quantitative estimate of drug-likeness (QED) is 0.757. The van der Waals surface area contributed by atoms with Gasteiger partial charge in [0.25, 0.3) is 5.91 Å². The molecule has 0 bridgehead atoms. The molecule has 28 heavy (non-hydrogen) atoms. The van der Waals surface area contributed by atoms with Crippen molar-refractivity contribution in [2.75, 3.05) is 29.1 Å². The molecule has 0 aromatic heterocycles. The Morgan fingerprint density at radius 3 is 2.75 bits per heavy atom. The molecule has 2 amide bonds. The van der Waals surface area contributed by atoms with Crippen molar-refractivity contribution in [2.45, 2.75) is 25.2 Å². The Hall–Kier alpha value is -2.80. The summed E-state index contributed by atoms with van der Waals surface area (Å²) in [4.78, 5) is 39.0. The molecule has 0 unspecified atom stereocenters. The number of hydrogen-bond donors (Lipinski definition) is 1. The highest BCUT2D eigenvalue weighted by molar-refractivity contribution is 8.00. The Balaban J connectivity index is 1.58. The summed E-state index contributed by atoms with van der Waals surface area (Å²) in [5, 5.41) is 2.81. The SMILES string of the molecule is CCc1cccc(C)c1NC(=O)COC(=O)CN1C(=O)CSc2ccccc21. The Labute approximate surface area is 168 Å². The summed E-state index contributed by atoms with van der Waals surface area (Å²) in [5.41, 5.74) is 3.42. The number of thioether (sulfide) groups is 1. The van der Waals surface area contributed by atoms with E-state index in [-0.39, 0.29) is 18.2 Å². The van der Waals surface area contributed by atoms with Crippen molar-refractivity contribution in [3.8, 4) is 0 Å². The number of esters is 1. The van der Waals surface area contributed by atoms with E-state index in [4.69, 9.17) is 4.74 Å². The van der Waals surface area contributed by atoms with Crippen LogP contribution in [-0.2, 0) is 25.5 Å². The fourth-order valence-electron chi connectivity index (χ4n) is 3.03. The summed E-state index contributed by atoms with van der Waals surface area (Å²) in [5.74, 6) is -0.903. The zero-order valence-electron chi connectivity index (χ0n) is 15.9. The number of carbonyl (C=O) groups excluding carboxylic acids is 3. The van der Waals surface area contributed by atoms with Crippen LogP contribution in [0, 0.1) is 6.92 Å². The molecular weight excluding hydrogens is 376 g/mol. The van der Waals surface area contributed by atoms with Gasteiger partial charge in [-0.3, -0.25) is 19.3 Å². The van der Waals surface area contributed by atoms with Gasteiger partial charge in [0.15, 0.2) is 6.61 Å². The highest BCUT2D eigenvalue weighted by atomic mass is 32.2. The van der Waals surface area contributed by atoms with E-state index in [1.807, 2.05) is 50.2 Å². The molecule has 146 valence electrons. The average Bonchev–Trinajstić information content (AvgIpc) is 2.70. The molecule has 0 atom stereocenters. The molecule has 6 nitrogen and oxygen atoms in total. The maximum atomic E-state index is 12.2. The van der Waals surface area contributed by atoms with E-state index in [0.717, 1.165) is 28.1 Å². The molecule has 1 N–H and O–H groups in total. The van der Waals surface area contributed by atoms with Gasteiger partial charge in [-0.2, -0.15) is 0 Å². The molecule has 0 radical (unpaired) electrons. The van der Waals surface area contributed by atoms with Crippen molar-refractivity contribution in [2.24, 2.45) is 0 Å². The Bertz CT molecular complexity index is 913. The van der Waals surface area contributed by atoms with E-state index < -0.39 is 18.5 Å². The molecular formula is C21H22N2O4S. The van der Waals surface area contributed by atoms with Gasteiger partial charge in [-0.25, -0.2) is 0 Å². The van der Waals surface area contributed by atoms with Gasteiger partial charge in [-0.1, -0.05) is 37.3 Å². The van der Waals surface area contributed by atoms with Gasteiger partial charge in [-0.05, 0) is 36.6 Å². The minimum atomic E-state index is -0.620. The summed E-state index contributed by atoms with van der Waals surface area (Å²) in [6, 6.07) is 13.2. The number of ether oxygens (including phenoxy) is 1. The largest absolute Gasteiger partial charge is 0.454 e. The third-order valence-corrected chi connectivity index (χ3v) is 5.51. The van der Waals surface area contributed by atoms with Crippen LogP contribution in [0.3, 0.4) is 0 Å². The molecule has 1 aliphatic heterocycles. The van der Waals surface area contributed by atoms with Crippen LogP contribution >= 0.6 is 11.8 Å². The van der Waals surface area contributed by atoms with Crippen LogP contribution in [0.4, 0.5) is 11.4 Å². The standard InChI is InChI=1S/C21H22N2O4S/c1-3-15-8-6-7-14(2)21(15)22-18(24)12-27-20(26)11-23-16-9-4-5-10-17(16)28-13-19(23)25/h4-10H,3,11-13H2,1-2H3,(H,22,24). The lowest BCUT2D eigenvalue weighted by Crippen LogP contribution is -2.40. The first-order valence-corrected chi connectivity index (χ1v) is 10.0. The number of rotatable bonds is 6. The highest BCUT2D eigenvalue weighted by Gasteiger charge is 2.27. The predicted octanol–water partition coefficient (Wildman–Crippen LogP) is 3.18. The second-order valence-corrected chi connectivity index (χ2v) is 7.42. The zero-order valence-corrected chi connectivity index (χ0v) is 16.7. The van der Waals surface area contributed by atoms with Crippen LogP contribution in [0.2, 0.25) is 0 Å². The smallest absolute Gasteiger partial charge is 0.326 e. The van der Waals surface area contributed by atoms with Crippen molar-refractivity contribution in [1.29, 1.82) is 0 Å². The van der Waals surface area contributed by atoms with Crippen molar-refractivity contribution >= 4 is 40.9 Å². The van der Waals surface area contributed by atoms with Gasteiger partial charge in [0.05, 0.1) is 11.4 Å². The minimum Gasteiger partial charge on any atom is -0.454 e. The normalized spacial score (nSPS) is 13.1. The molecule has 0 saturated carbocycles. The van der Waals surface area contributed by atoms with Gasteiger partial charge >= 0.3 is 5.97 Å². The molecule has 2 aromatic rings. The lowest BCUT2D eigenvalue weighted by atomic mass is 10.1. The second-order valence-electron chi connectivity index (χ2n) is 6.41. The predicted molar refractivity (Wildman–Crippen MR) is 110 cm³/mol. The maximum Gasteiger partial charge on any atom is 0.326 e. The third kappa shape index (κ3) is 4.54. The topological polar surface area (TPSA) is 75.7 Å². The van der Waals surface area contributed by atoms with E-state index in [0.29, 0.717) is 5.69 Å².